The van der Waals surface area contributed by atoms with E-state index in [9.17, 15) is 0 Å². The fourth-order valence-corrected chi connectivity index (χ4v) is 3.10. The van der Waals surface area contributed by atoms with E-state index in [0.717, 1.165) is 23.9 Å². The Balaban J connectivity index is 3.16. The normalized spacial score (nSPS) is 12.2. The minimum atomic E-state index is 0.117. The Morgan fingerprint density at radius 1 is 1.33 bits per heavy atom. The number of nitrogens with zero attached hydrogens (tertiary/aromatic N) is 2. The second kappa shape index (κ2) is 8.27. The number of nitrogens with two attached hydrogens (primary N) is 1. The van der Waals surface area contributed by atoms with Gasteiger partial charge in [0.15, 0.2) is 5.84 Å². The van der Waals surface area contributed by atoms with Gasteiger partial charge in [0.2, 0.25) is 0 Å². The minimum Gasteiger partial charge on any atom is -0.409 e. The number of rotatable bonds is 7. The van der Waals surface area contributed by atoms with Gasteiger partial charge in [-0.1, -0.05) is 32.9 Å². The van der Waals surface area contributed by atoms with Gasteiger partial charge >= 0.3 is 0 Å². The third-order valence-electron chi connectivity index (χ3n) is 3.61. The van der Waals surface area contributed by atoms with Crippen molar-refractivity contribution in [3.05, 3.63) is 28.2 Å². The zero-order valence-electron chi connectivity index (χ0n) is 13.3. The first-order chi connectivity index (χ1) is 9.94. The number of halogens is 1. The number of anilines is 1. The van der Waals surface area contributed by atoms with Gasteiger partial charge in [-0.3, -0.25) is 0 Å². The third-order valence-corrected chi connectivity index (χ3v) is 4.27. The van der Waals surface area contributed by atoms with Crippen LogP contribution in [0.25, 0.3) is 0 Å². The largest absolute Gasteiger partial charge is 0.409 e. The summed E-state index contributed by atoms with van der Waals surface area (Å²) in [6, 6.07) is 6.51. The monoisotopic (exact) mass is 355 g/mol. The Labute approximate surface area is 136 Å². The van der Waals surface area contributed by atoms with Crippen molar-refractivity contribution in [1.29, 1.82) is 0 Å². The predicted molar refractivity (Wildman–Crippen MR) is 93.2 cm³/mol. The molecule has 0 aliphatic heterocycles. The highest BCUT2D eigenvalue weighted by Crippen LogP contribution is 2.27. The molecule has 4 nitrogen and oxygen atoms in total. The van der Waals surface area contributed by atoms with Crippen LogP contribution >= 0.6 is 15.9 Å². The number of benzene rings is 1. The molecule has 0 fully saturated rings. The molecule has 0 heterocycles. The van der Waals surface area contributed by atoms with E-state index in [4.69, 9.17) is 10.9 Å². The van der Waals surface area contributed by atoms with Crippen LogP contribution in [0.2, 0.25) is 0 Å². The highest BCUT2D eigenvalue weighted by Gasteiger charge is 2.18. The second-order valence-electron chi connectivity index (χ2n) is 5.67. The van der Waals surface area contributed by atoms with Gasteiger partial charge in [0.05, 0.1) is 0 Å². The molecule has 1 aromatic carbocycles. The molecular weight excluding hydrogens is 330 g/mol. The molecule has 0 saturated heterocycles. The summed E-state index contributed by atoms with van der Waals surface area (Å²) in [6.45, 7) is 9.93. The van der Waals surface area contributed by atoms with Crippen LogP contribution in [0.5, 0.6) is 0 Å². The molecular formula is C16H26BrN3O. The van der Waals surface area contributed by atoms with Gasteiger partial charge in [-0.05, 0) is 52.9 Å². The molecule has 0 bridgehead atoms. The Bertz CT molecular complexity index is 484. The van der Waals surface area contributed by atoms with Gasteiger partial charge < -0.3 is 15.8 Å². The Kier molecular flexibility index (Phi) is 7.02. The Morgan fingerprint density at radius 2 is 1.95 bits per heavy atom. The van der Waals surface area contributed by atoms with Crippen molar-refractivity contribution in [3.63, 3.8) is 0 Å². The fourth-order valence-electron chi connectivity index (χ4n) is 2.53. The molecule has 0 radical (unpaired) electrons. The topological polar surface area (TPSA) is 61.8 Å². The molecule has 0 aliphatic rings. The van der Waals surface area contributed by atoms with Crippen LogP contribution in [0.1, 0.15) is 46.1 Å². The van der Waals surface area contributed by atoms with Gasteiger partial charge in [-0.25, -0.2) is 0 Å². The summed E-state index contributed by atoms with van der Waals surface area (Å²) in [5.41, 5.74) is 7.54. The zero-order valence-corrected chi connectivity index (χ0v) is 14.9. The number of hydrogen-bond donors (Lipinski definition) is 2. The Morgan fingerprint density at radius 3 is 2.38 bits per heavy atom. The molecule has 1 aromatic rings. The minimum absolute atomic E-state index is 0.117. The number of oxime groups is 1. The van der Waals surface area contributed by atoms with Crippen molar-refractivity contribution in [2.24, 2.45) is 16.8 Å². The van der Waals surface area contributed by atoms with E-state index in [1.54, 1.807) is 0 Å². The van der Waals surface area contributed by atoms with E-state index in [0.29, 0.717) is 17.5 Å². The summed E-state index contributed by atoms with van der Waals surface area (Å²) < 4.78 is 0.843. The molecule has 21 heavy (non-hydrogen) atoms. The first-order valence-corrected chi connectivity index (χ1v) is 8.27. The maximum Gasteiger partial charge on any atom is 0.171 e. The summed E-state index contributed by atoms with van der Waals surface area (Å²) in [7, 11) is 0. The molecule has 118 valence electrons. The summed E-state index contributed by atoms with van der Waals surface area (Å²) in [6.07, 6.45) is 2.23. The lowest BCUT2D eigenvalue weighted by molar-refractivity contribution is 0.318. The molecule has 0 saturated carbocycles. The molecule has 0 amide bonds. The highest BCUT2D eigenvalue weighted by molar-refractivity contribution is 9.10. The van der Waals surface area contributed by atoms with Crippen LogP contribution in [-0.4, -0.2) is 23.6 Å². The van der Waals surface area contributed by atoms with Gasteiger partial charge in [0.25, 0.3) is 0 Å². The standard InChI is InChI=1S/C16H26BrN3O/c1-5-12(6-2)20(10-11(3)4)13-7-8-14(15(17)9-13)16(18)19-21/h7-9,11-12,21H,5-6,10H2,1-4H3,(H2,18,19). The van der Waals surface area contributed by atoms with Crippen molar-refractivity contribution in [2.45, 2.75) is 46.6 Å². The van der Waals surface area contributed by atoms with Crippen LogP contribution < -0.4 is 10.6 Å². The van der Waals surface area contributed by atoms with E-state index in [1.165, 1.54) is 5.69 Å². The molecule has 0 aliphatic carbocycles. The lowest BCUT2D eigenvalue weighted by Crippen LogP contribution is -2.37. The van der Waals surface area contributed by atoms with Crippen molar-refractivity contribution >= 4 is 27.5 Å². The predicted octanol–water partition coefficient (Wildman–Crippen LogP) is 4.19. The lowest BCUT2D eigenvalue weighted by Gasteiger charge is -2.34. The van der Waals surface area contributed by atoms with Crippen molar-refractivity contribution in [1.82, 2.24) is 0 Å². The average molecular weight is 356 g/mol. The zero-order chi connectivity index (χ0) is 16.0. The summed E-state index contributed by atoms with van der Waals surface area (Å²) >= 11 is 3.52. The van der Waals surface area contributed by atoms with E-state index in [1.807, 2.05) is 18.2 Å². The quantitative estimate of drug-likeness (QED) is 0.333. The lowest BCUT2D eigenvalue weighted by atomic mass is 10.1. The van der Waals surface area contributed by atoms with Crippen molar-refractivity contribution in [2.75, 3.05) is 11.4 Å². The van der Waals surface area contributed by atoms with E-state index >= 15 is 0 Å². The highest BCUT2D eigenvalue weighted by atomic mass is 79.9. The van der Waals surface area contributed by atoms with Gasteiger partial charge in [-0.2, -0.15) is 0 Å². The molecule has 0 atom stereocenters. The first-order valence-electron chi connectivity index (χ1n) is 7.48. The fraction of sp³-hybridized carbons (Fsp3) is 0.562. The van der Waals surface area contributed by atoms with Gasteiger partial charge in [0, 0.05) is 28.3 Å². The third kappa shape index (κ3) is 4.63. The van der Waals surface area contributed by atoms with Crippen LogP contribution in [0.15, 0.2) is 27.8 Å². The van der Waals surface area contributed by atoms with Gasteiger partial charge in [-0.15, -0.1) is 0 Å². The Hall–Kier alpha value is -1.23. The van der Waals surface area contributed by atoms with E-state index in [2.05, 4.69) is 53.7 Å². The smallest absolute Gasteiger partial charge is 0.171 e. The number of amidine groups is 1. The summed E-state index contributed by atoms with van der Waals surface area (Å²) in [5.74, 6) is 0.708. The number of hydrogen-bond acceptors (Lipinski definition) is 3. The maximum atomic E-state index is 8.81. The molecule has 5 heteroatoms. The average Bonchev–Trinajstić information content (AvgIpc) is 2.46. The molecule has 3 N–H and O–H groups in total. The van der Waals surface area contributed by atoms with Gasteiger partial charge in [0.1, 0.15) is 0 Å². The van der Waals surface area contributed by atoms with E-state index in [-0.39, 0.29) is 5.84 Å². The molecule has 1 rings (SSSR count). The first kappa shape index (κ1) is 17.8. The summed E-state index contributed by atoms with van der Waals surface area (Å²) in [4.78, 5) is 2.45. The molecule has 0 spiro atoms. The SMILES string of the molecule is CCC(CC)N(CC(C)C)c1ccc(/C(N)=N/O)c(Br)c1. The summed E-state index contributed by atoms with van der Waals surface area (Å²) in [5, 5.41) is 11.9. The second-order valence-corrected chi connectivity index (χ2v) is 6.52. The van der Waals surface area contributed by atoms with Crippen LogP contribution in [0, 0.1) is 5.92 Å². The molecule has 0 aromatic heterocycles. The van der Waals surface area contributed by atoms with Crippen LogP contribution in [-0.2, 0) is 0 Å². The van der Waals surface area contributed by atoms with Crippen molar-refractivity contribution < 1.29 is 5.21 Å². The van der Waals surface area contributed by atoms with E-state index < -0.39 is 0 Å². The maximum absolute atomic E-state index is 8.81. The van der Waals surface area contributed by atoms with Crippen LogP contribution in [0.4, 0.5) is 5.69 Å². The molecule has 0 unspecified atom stereocenters. The van der Waals surface area contributed by atoms with Crippen LogP contribution in [0.3, 0.4) is 0 Å². The van der Waals surface area contributed by atoms with Crippen molar-refractivity contribution in [3.8, 4) is 0 Å².